The number of aliphatic hydroxyl groups is 1. The first-order chi connectivity index (χ1) is 15.6. The molecule has 3 aromatic rings. The summed E-state index contributed by atoms with van der Waals surface area (Å²) in [4.78, 5) is 26.0. The monoisotopic (exact) mass is 469 g/mol. The zero-order valence-electron chi connectivity index (χ0n) is 18.2. The molecule has 1 fully saturated rings. The van der Waals surface area contributed by atoms with Gasteiger partial charge in [0.2, 0.25) is 11.9 Å². The summed E-state index contributed by atoms with van der Waals surface area (Å²) in [5.41, 5.74) is 0. The van der Waals surface area contributed by atoms with E-state index in [1.165, 1.54) is 9.79 Å². The Bertz CT molecular complexity index is 1010. The predicted molar refractivity (Wildman–Crippen MR) is 130 cm³/mol. The van der Waals surface area contributed by atoms with Crippen molar-refractivity contribution >= 4 is 41.2 Å². The third-order valence-corrected chi connectivity index (χ3v) is 6.81. The fraction of sp³-hybridized carbons (Fsp3) is 0.364. The number of aliphatic hydroxyl groups excluding tert-OH is 1. The quantitative estimate of drug-likeness (QED) is 0.479. The van der Waals surface area contributed by atoms with Gasteiger partial charge >= 0.3 is 0 Å². The van der Waals surface area contributed by atoms with Crippen molar-refractivity contribution in [1.29, 1.82) is 0 Å². The first-order valence-electron chi connectivity index (χ1n) is 10.5. The standard InChI is InChI=1S/C22H27N7OS2/c1-16-24-21(27-22(25-16)29-11-9-28(10-12-29)13-14-30)26-20-8-7-19(15-23-20)32-18-5-3-17(31-2)4-6-18/h3-8,15,30H,9-14H2,1-2H3,(H,23,24,25,26,27). The normalized spacial score (nSPS) is 14.5. The van der Waals surface area contributed by atoms with Crippen LogP contribution in [0.2, 0.25) is 0 Å². The van der Waals surface area contributed by atoms with Crippen LogP contribution in [0.4, 0.5) is 17.7 Å². The summed E-state index contributed by atoms with van der Waals surface area (Å²) in [6, 6.07) is 12.5. The summed E-state index contributed by atoms with van der Waals surface area (Å²) in [5, 5.41) is 12.3. The van der Waals surface area contributed by atoms with Gasteiger partial charge in [-0.25, -0.2) is 4.98 Å². The van der Waals surface area contributed by atoms with Gasteiger partial charge in [-0.05, 0) is 49.6 Å². The minimum Gasteiger partial charge on any atom is -0.395 e. The lowest BCUT2D eigenvalue weighted by Crippen LogP contribution is -2.47. The minimum absolute atomic E-state index is 0.188. The van der Waals surface area contributed by atoms with E-state index in [0.29, 0.717) is 30.1 Å². The molecule has 1 saturated heterocycles. The van der Waals surface area contributed by atoms with Gasteiger partial charge in [-0.2, -0.15) is 15.0 Å². The number of hydrogen-bond donors (Lipinski definition) is 2. The van der Waals surface area contributed by atoms with Gasteiger partial charge in [0.1, 0.15) is 11.6 Å². The topological polar surface area (TPSA) is 90.3 Å². The molecule has 8 nitrogen and oxygen atoms in total. The molecule has 1 aromatic carbocycles. The molecular formula is C22H27N7OS2. The Hall–Kier alpha value is -2.40. The van der Waals surface area contributed by atoms with E-state index in [4.69, 9.17) is 5.11 Å². The maximum absolute atomic E-state index is 9.12. The summed E-state index contributed by atoms with van der Waals surface area (Å²) in [7, 11) is 0. The number of benzene rings is 1. The number of hydrogen-bond acceptors (Lipinski definition) is 10. The summed E-state index contributed by atoms with van der Waals surface area (Å²) in [6.45, 7) is 6.18. The fourth-order valence-electron chi connectivity index (χ4n) is 3.39. The number of aryl methyl sites for hydroxylation is 1. The van der Waals surface area contributed by atoms with E-state index >= 15 is 0 Å². The van der Waals surface area contributed by atoms with E-state index in [9.17, 15) is 0 Å². The van der Waals surface area contributed by atoms with Crippen molar-refractivity contribution in [2.45, 2.75) is 21.6 Å². The highest BCUT2D eigenvalue weighted by molar-refractivity contribution is 7.99. The van der Waals surface area contributed by atoms with Gasteiger partial charge in [0.15, 0.2) is 0 Å². The molecule has 1 aliphatic rings. The molecule has 3 heterocycles. The molecule has 0 bridgehead atoms. The fourth-order valence-corrected chi connectivity index (χ4v) is 4.58. The van der Waals surface area contributed by atoms with Crippen LogP contribution in [0.1, 0.15) is 5.82 Å². The predicted octanol–water partition coefficient (Wildman–Crippen LogP) is 3.31. The van der Waals surface area contributed by atoms with Crippen molar-refractivity contribution in [2.24, 2.45) is 0 Å². The Labute approximate surface area is 196 Å². The second-order valence-corrected chi connectivity index (χ2v) is 9.37. The maximum atomic E-state index is 9.12. The highest BCUT2D eigenvalue weighted by atomic mass is 32.2. The zero-order chi connectivity index (χ0) is 22.3. The maximum Gasteiger partial charge on any atom is 0.233 e. The van der Waals surface area contributed by atoms with Gasteiger partial charge in [-0.3, -0.25) is 4.90 Å². The molecule has 2 N–H and O–H groups in total. The second kappa shape index (κ2) is 11.0. The van der Waals surface area contributed by atoms with Crippen LogP contribution in [0.5, 0.6) is 0 Å². The number of aromatic nitrogens is 4. The van der Waals surface area contributed by atoms with Crippen LogP contribution in [0, 0.1) is 6.92 Å². The van der Waals surface area contributed by atoms with Crippen LogP contribution in [0.25, 0.3) is 0 Å². The Morgan fingerprint density at radius 2 is 1.66 bits per heavy atom. The SMILES string of the molecule is CSc1ccc(Sc2ccc(Nc3nc(C)nc(N4CCN(CCO)CC4)n3)nc2)cc1. The minimum atomic E-state index is 0.188. The highest BCUT2D eigenvalue weighted by Crippen LogP contribution is 2.29. The van der Waals surface area contributed by atoms with E-state index in [0.717, 1.165) is 31.1 Å². The van der Waals surface area contributed by atoms with Gasteiger partial charge in [-0.15, -0.1) is 11.8 Å². The molecule has 0 unspecified atom stereocenters. The van der Waals surface area contributed by atoms with E-state index in [1.54, 1.807) is 23.5 Å². The smallest absolute Gasteiger partial charge is 0.233 e. The third kappa shape index (κ3) is 6.10. The lowest BCUT2D eigenvalue weighted by molar-refractivity contribution is 0.188. The Morgan fingerprint density at radius 1 is 0.938 bits per heavy atom. The number of thioether (sulfide) groups is 1. The van der Waals surface area contributed by atoms with Crippen LogP contribution >= 0.6 is 23.5 Å². The molecule has 0 spiro atoms. The Balaban J connectivity index is 1.39. The molecule has 32 heavy (non-hydrogen) atoms. The molecule has 4 rings (SSSR count). The van der Waals surface area contributed by atoms with Gasteiger partial charge in [0, 0.05) is 53.6 Å². The lowest BCUT2D eigenvalue weighted by Gasteiger charge is -2.34. The van der Waals surface area contributed by atoms with Crippen LogP contribution < -0.4 is 10.2 Å². The molecule has 0 radical (unpaired) electrons. The van der Waals surface area contributed by atoms with Gasteiger partial charge in [0.05, 0.1) is 6.61 Å². The van der Waals surface area contributed by atoms with Crippen molar-refractivity contribution in [3.63, 3.8) is 0 Å². The van der Waals surface area contributed by atoms with Crippen molar-refractivity contribution in [1.82, 2.24) is 24.8 Å². The summed E-state index contributed by atoms with van der Waals surface area (Å²) < 4.78 is 0. The summed E-state index contributed by atoms with van der Waals surface area (Å²) in [6.07, 6.45) is 3.93. The number of piperazine rings is 1. The molecule has 0 saturated carbocycles. The van der Waals surface area contributed by atoms with Crippen molar-refractivity contribution in [2.75, 3.05) is 55.8 Å². The lowest BCUT2D eigenvalue weighted by atomic mass is 10.3. The Morgan fingerprint density at radius 3 is 2.31 bits per heavy atom. The molecule has 0 aliphatic carbocycles. The molecular weight excluding hydrogens is 442 g/mol. The molecule has 10 heteroatoms. The number of nitrogens with one attached hydrogen (secondary N) is 1. The van der Waals surface area contributed by atoms with Crippen LogP contribution in [0.15, 0.2) is 57.3 Å². The summed E-state index contributed by atoms with van der Waals surface area (Å²) in [5.74, 6) is 2.52. The Kier molecular flexibility index (Phi) is 7.80. The zero-order valence-corrected chi connectivity index (χ0v) is 19.9. The first kappa shape index (κ1) is 22.8. The molecule has 168 valence electrons. The number of anilines is 3. The van der Waals surface area contributed by atoms with Crippen LogP contribution in [0.3, 0.4) is 0 Å². The van der Waals surface area contributed by atoms with E-state index in [-0.39, 0.29) is 6.61 Å². The number of nitrogens with zero attached hydrogens (tertiary/aromatic N) is 6. The number of pyridine rings is 1. The molecule has 2 aromatic heterocycles. The number of rotatable bonds is 8. The average molecular weight is 470 g/mol. The van der Waals surface area contributed by atoms with Crippen molar-refractivity contribution in [3.8, 4) is 0 Å². The summed E-state index contributed by atoms with van der Waals surface area (Å²) >= 11 is 3.42. The highest BCUT2D eigenvalue weighted by Gasteiger charge is 2.19. The van der Waals surface area contributed by atoms with Crippen LogP contribution in [-0.4, -0.2) is 75.5 Å². The second-order valence-electron chi connectivity index (χ2n) is 7.34. The first-order valence-corrected chi connectivity index (χ1v) is 12.5. The molecule has 1 aliphatic heterocycles. The average Bonchev–Trinajstić information content (AvgIpc) is 2.81. The van der Waals surface area contributed by atoms with E-state index in [2.05, 4.69) is 65.6 Å². The van der Waals surface area contributed by atoms with Gasteiger partial charge in [-0.1, -0.05) is 11.8 Å². The largest absolute Gasteiger partial charge is 0.395 e. The third-order valence-electron chi connectivity index (χ3n) is 5.08. The molecule has 0 atom stereocenters. The van der Waals surface area contributed by atoms with Crippen LogP contribution in [-0.2, 0) is 0 Å². The van der Waals surface area contributed by atoms with Gasteiger partial charge in [0.25, 0.3) is 0 Å². The molecule has 0 amide bonds. The van der Waals surface area contributed by atoms with E-state index in [1.807, 2.05) is 25.3 Å². The van der Waals surface area contributed by atoms with Gasteiger partial charge < -0.3 is 15.3 Å². The van der Waals surface area contributed by atoms with E-state index < -0.39 is 0 Å². The van der Waals surface area contributed by atoms with Crippen molar-refractivity contribution < 1.29 is 5.11 Å². The number of β-amino-alcohol motifs (C(OH)–C–C–N with tert-alkyl or cyclic N) is 1. The van der Waals surface area contributed by atoms with Crippen molar-refractivity contribution in [3.05, 3.63) is 48.4 Å².